The summed E-state index contributed by atoms with van der Waals surface area (Å²) >= 11 is 0. The average Bonchev–Trinajstić information content (AvgIpc) is 2.19. The van der Waals surface area contributed by atoms with E-state index in [9.17, 15) is 18.0 Å². The molecule has 1 aromatic heterocycles. The van der Waals surface area contributed by atoms with Crippen LogP contribution in [0.1, 0.15) is 10.4 Å². The molecule has 1 aromatic rings. The Balaban J connectivity index is 2.91. The van der Waals surface area contributed by atoms with Gasteiger partial charge in [-0.3, -0.25) is 4.79 Å². The van der Waals surface area contributed by atoms with Gasteiger partial charge in [-0.05, 0) is 6.07 Å². The Morgan fingerprint density at radius 1 is 1.62 bits per heavy atom. The molecule has 0 spiro atoms. The summed E-state index contributed by atoms with van der Waals surface area (Å²) in [4.78, 5) is 15.7. The second-order valence-electron chi connectivity index (χ2n) is 3.16. The number of amides is 1. The number of nitrogen functional groups attached to an aromatic ring is 1. The minimum absolute atomic E-state index is 0.187. The number of rotatable bonds is 3. The van der Waals surface area contributed by atoms with Crippen molar-refractivity contribution in [1.29, 1.82) is 0 Å². The molecule has 0 atom stereocenters. The molecule has 0 aromatic carbocycles. The van der Waals surface area contributed by atoms with Crippen molar-refractivity contribution in [2.24, 2.45) is 0 Å². The molecule has 4 nitrogen and oxygen atoms in total. The fourth-order valence-corrected chi connectivity index (χ4v) is 1.12. The lowest BCUT2D eigenvalue weighted by atomic mass is 10.2. The minimum Gasteiger partial charge on any atom is -0.383 e. The summed E-state index contributed by atoms with van der Waals surface area (Å²) in [5, 5.41) is 0. The fourth-order valence-electron chi connectivity index (χ4n) is 1.12. The first-order valence-corrected chi connectivity index (χ1v) is 4.36. The zero-order chi connectivity index (χ0) is 12.3. The maximum atomic E-state index is 12.8. The molecule has 88 valence electrons. The molecule has 0 aliphatic heterocycles. The Hall–Kier alpha value is -1.79. The van der Waals surface area contributed by atoms with Crippen molar-refractivity contribution in [2.45, 2.75) is 6.43 Å². The van der Waals surface area contributed by atoms with E-state index in [0.29, 0.717) is 0 Å². The Morgan fingerprint density at radius 3 is 2.81 bits per heavy atom. The highest BCUT2D eigenvalue weighted by Gasteiger charge is 2.19. The lowest BCUT2D eigenvalue weighted by Crippen LogP contribution is -2.32. The first-order valence-electron chi connectivity index (χ1n) is 4.36. The van der Waals surface area contributed by atoms with E-state index >= 15 is 0 Å². The average molecular weight is 233 g/mol. The Bertz CT molecular complexity index is 398. The molecule has 0 fully saturated rings. The monoisotopic (exact) mass is 233 g/mol. The van der Waals surface area contributed by atoms with E-state index in [1.54, 1.807) is 0 Å². The van der Waals surface area contributed by atoms with Crippen molar-refractivity contribution in [2.75, 3.05) is 19.3 Å². The highest BCUT2D eigenvalue weighted by atomic mass is 19.3. The number of pyridine rings is 1. The zero-order valence-electron chi connectivity index (χ0n) is 8.45. The van der Waals surface area contributed by atoms with Crippen LogP contribution in [-0.2, 0) is 0 Å². The molecule has 2 N–H and O–H groups in total. The van der Waals surface area contributed by atoms with Crippen LogP contribution in [0.25, 0.3) is 0 Å². The van der Waals surface area contributed by atoms with Gasteiger partial charge in [0.1, 0.15) is 11.6 Å². The number of anilines is 1. The van der Waals surface area contributed by atoms with Crippen molar-refractivity contribution in [3.8, 4) is 0 Å². The maximum Gasteiger partial charge on any atom is 0.257 e. The molecule has 1 amide bonds. The van der Waals surface area contributed by atoms with Gasteiger partial charge < -0.3 is 10.6 Å². The highest BCUT2D eigenvalue weighted by Crippen LogP contribution is 2.12. The van der Waals surface area contributed by atoms with Crippen LogP contribution >= 0.6 is 0 Å². The summed E-state index contributed by atoms with van der Waals surface area (Å²) in [6.07, 6.45) is -1.81. The summed E-state index contributed by atoms with van der Waals surface area (Å²) in [7, 11) is 1.18. The van der Waals surface area contributed by atoms with Crippen LogP contribution in [-0.4, -0.2) is 35.8 Å². The highest BCUT2D eigenvalue weighted by molar-refractivity contribution is 5.98. The lowest BCUT2D eigenvalue weighted by Gasteiger charge is -2.17. The van der Waals surface area contributed by atoms with E-state index in [1.165, 1.54) is 7.05 Å². The third-order valence-corrected chi connectivity index (χ3v) is 1.87. The normalized spacial score (nSPS) is 10.6. The first kappa shape index (κ1) is 12.3. The largest absolute Gasteiger partial charge is 0.383 e. The molecule has 7 heteroatoms. The fraction of sp³-hybridized carbons (Fsp3) is 0.333. The number of hydrogen-bond donors (Lipinski definition) is 1. The van der Waals surface area contributed by atoms with E-state index in [-0.39, 0.29) is 11.4 Å². The molecule has 0 unspecified atom stereocenters. The van der Waals surface area contributed by atoms with Crippen LogP contribution in [0.5, 0.6) is 0 Å². The van der Waals surface area contributed by atoms with Gasteiger partial charge in [0.25, 0.3) is 12.3 Å². The SMILES string of the molecule is CN(CC(F)F)C(=O)c1cc(F)cnc1N. The van der Waals surface area contributed by atoms with Crippen LogP contribution in [0.2, 0.25) is 0 Å². The summed E-state index contributed by atoms with van der Waals surface area (Å²) in [6.45, 7) is -0.741. The molecule has 0 radical (unpaired) electrons. The molecular formula is C9H10F3N3O. The van der Waals surface area contributed by atoms with Crippen LogP contribution < -0.4 is 5.73 Å². The van der Waals surface area contributed by atoms with Crippen LogP contribution in [0, 0.1) is 5.82 Å². The maximum absolute atomic E-state index is 12.8. The molecule has 0 saturated heterocycles. The second-order valence-corrected chi connectivity index (χ2v) is 3.16. The van der Waals surface area contributed by atoms with Crippen LogP contribution in [0.3, 0.4) is 0 Å². The number of nitrogens with zero attached hydrogens (tertiary/aromatic N) is 2. The van der Waals surface area contributed by atoms with E-state index in [2.05, 4.69) is 4.98 Å². The van der Waals surface area contributed by atoms with Crippen molar-refractivity contribution in [1.82, 2.24) is 9.88 Å². The number of halogens is 3. The molecule has 0 saturated carbocycles. The standard InChI is InChI=1S/C9H10F3N3O/c1-15(4-7(11)12)9(16)6-2-5(10)3-14-8(6)13/h2-3,7H,4H2,1H3,(H2,13,14). The third kappa shape index (κ3) is 2.85. The molecular weight excluding hydrogens is 223 g/mol. The quantitative estimate of drug-likeness (QED) is 0.851. The van der Waals surface area contributed by atoms with Crippen LogP contribution in [0.15, 0.2) is 12.3 Å². The van der Waals surface area contributed by atoms with E-state index in [1.807, 2.05) is 0 Å². The molecule has 0 aliphatic rings. The van der Waals surface area contributed by atoms with E-state index in [0.717, 1.165) is 17.2 Å². The summed E-state index contributed by atoms with van der Waals surface area (Å²) < 4.78 is 36.8. The molecule has 16 heavy (non-hydrogen) atoms. The van der Waals surface area contributed by atoms with E-state index < -0.39 is 24.7 Å². The summed E-state index contributed by atoms with van der Waals surface area (Å²) in [5.41, 5.74) is 5.13. The molecule has 0 aliphatic carbocycles. The second kappa shape index (κ2) is 4.82. The van der Waals surface area contributed by atoms with E-state index in [4.69, 9.17) is 5.73 Å². The summed E-state index contributed by atoms with van der Waals surface area (Å²) in [5.74, 6) is -1.72. The number of alkyl halides is 2. The predicted molar refractivity (Wildman–Crippen MR) is 51.6 cm³/mol. The van der Waals surface area contributed by atoms with Gasteiger partial charge in [0.05, 0.1) is 18.3 Å². The van der Waals surface area contributed by atoms with Crippen molar-refractivity contribution in [3.05, 3.63) is 23.6 Å². The predicted octanol–water partition coefficient (Wildman–Crippen LogP) is 1.14. The van der Waals surface area contributed by atoms with Gasteiger partial charge in [-0.1, -0.05) is 0 Å². The Morgan fingerprint density at radius 2 is 2.25 bits per heavy atom. The number of carbonyl (C=O) groups excluding carboxylic acids is 1. The summed E-state index contributed by atoms with van der Waals surface area (Å²) in [6, 6.07) is 0.868. The molecule has 1 heterocycles. The van der Waals surface area contributed by atoms with Gasteiger partial charge >= 0.3 is 0 Å². The van der Waals surface area contributed by atoms with Gasteiger partial charge in [-0.25, -0.2) is 18.2 Å². The van der Waals surface area contributed by atoms with Crippen molar-refractivity contribution in [3.63, 3.8) is 0 Å². The Labute approximate surface area is 89.9 Å². The molecule has 1 rings (SSSR count). The number of hydrogen-bond acceptors (Lipinski definition) is 3. The third-order valence-electron chi connectivity index (χ3n) is 1.87. The number of aromatic nitrogens is 1. The number of nitrogens with two attached hydrogens (primary N) is 1. The minimum atomic E-state index is -2.66. The van der Waals surface area contributed by atoms with Crippen molar-refractivity contribution < 1.29 is 18.0 Å². The van der Waals surface area contributed by atoms with Gasteiger partial charge in [0.15, 0.2) is 0 Å². The van der Waals surface area contributed by atoms with Gasteiger partial charge in [0, 0.05) is 7.05 Å². The van der Waals surface area contributed by atoms with Gasteiger partial charge in [-0.15, -0.1) is 0 Å². The van der Waals surface area contributed by atoms with Crippen molar-refractivity contribution >= 4 is 11.7 Å². The zero-order valence-corrected chi connectivity index (χ0v) is 8.45. The topological polar surface area (TPSA) is 59.2 Å². The van der Waals surface area contributed by atoms with Crippen LogP contribution in [0.4, 0.5) is 19.0 Å². The molecule has 0 bridgehead atoms. The Kier molecular flexibility index (Phi) is 3.70. The number of carbonyl (C=O) groups is 1. The first-order chi connectivity index (χ1) is 7.41. The van der Waals surface area contributed by atoms with Gasteiger partial charge in [-0.2, -0.15) is 0 Å². The lowest BCUT2D eigenvalue weighted by molar-refractivity contribution is 0.0620. The smallest absolute Gasteiger partial charge is 0.257 e. The van der Waals surface area contributed by atoms with Gasteiger partial charge in [0.2, 0.25) is 0 Å².